The molecule has 1 aliphatic rings. The average molecular weight is 460 g/mol. The van der Waals surface area contributed by atoms with E-state index in [-0.39, 0.29) is 18.0 Å². The zero-order valence-corrected chi connectivity index (χ0v) is 20.3. The summed E-state index contributed by atoms with van der Waals surface area (Å²) in [6, 6.07) is 19.5. The van der Waals surface area contributed by atoms with Gasteiger partial charge in [-0.15, -0.1) is 0 Å². The third-order valence-electron chi connectivity index (χ3n) is 6.44. The first kappa shape index (κ1) is 23.7. The van der Waals surface area contributed by atoms with Gasteiger partial charge < -0.3 is 20.1 Å². The van der Waals surface area contributed by atoms with Crippen LogP contribution in [0.2, 0.25) is 0 Å². The van der Waals surface area contributed by atoms with E-state index < -0.39 is 17.9 Å². The zero-order chi connectivity index (χ0) is 24.5. The van der Waals surface area contributed by atoms with Crippen LogP contribution in [0.4, 0.5) is 0 Å². The van der Waals surface area contributed by atoms with E-state index in [1.54, 1.807) is 11.9 Å². The van der Waals surface area contributed by atoms with Crippen LogP contribution >= 0.6 is 0 Å². The summed E-state index contributed by atoms with van der Waals surface area (Å²) in [5.41, 5.74) is 8.57. The molecule has 1 fully saturated rings. The summed E-state index contributed by atoms with van der Waals surface area (Å²) in [4.78, 5) is 34.3. The number of nitrogens with two attached hydrogens (primary N) is 1. The molecular formula is C27H33N5O2. The molecule has 2 N–H and O–H groups in total. The highest BCUT2D eigenvalue weighted by molar-refractivity contribution is 6.35. The highest BCUT2D eigenvalue weighted by Crippen LogP contribution is 2.40. The molecule has 2 amide bonds. The van der Waals surface area contributed by atoms with E-state index in [2.05, 4.69) is 37.5 Å². The zero-order valence-electron chi connectivity index (χ0n) is 20.3. The maximum Gasteiger partial charge on any atom is 0.312 e. The fourth-order valence-electron chi connectivity index (χ4n) is 4.62. The van der Waals surface area contributed by atoms with Gasteiger partial charge in [-0.25, -0.2) is 4.98 Å². The van der Waals surface area contributed by atoms with Crippen LogP contribution in [0.5, 0.6) is 0 Å². The second-order valence-corrected chi connectivity index (χ2v) is 10.00. The summed E-state index contributed by atoms with van der Waals surface area (Å²) in [5, 5.41) is 0. The third-order valence-corrected chi connectivity index (χ3v) is 6.44. The number of piperazine rings is 1. The molecule has 178 valence electrons. The van der Waals surface area contributed by atoms with Gasteiger partial charge in [-0.3, -0.25) is 9.59 Å². The Morgan fingerprint density at radius 2 is 1.62 bits per heavy atom. The number of nitrogens with zero attached hydrogens (tertiary/aromatic N) is 4. The van der Waals surface area contributed by atoms with Gasteiger partial charge in [0.15, 0.2) is 0 Å². The number of aromatic nitrogens is 2. The summed E-state index contributed by atoms with van der Waals surface area (Å²) in [6.07, 6.45) is 2.04. The van der Waals surface area contributed by atoms with Crippen LogP contribution < -0.4 is 5.73 Å². The number of likely N-dealkylation sites (N-methyl/N-ethyl adjacent to an activating group) is 1. The van der Waals surface area contributed by atoms with Crippen molar-refractivity contribution < 1.29 is 9.59 Å². The topological polar surface area (TPSA) is 84.5 Å². The van der Waals surface area contributed by atoms with Crippen molar-refractivity contribution in [2.24, 2.45) is 11.1 Å². The van der Waals surface area contributed by atoms with Crippen LogP contribution in [0.1, 0.15) is 38.2 Å². The number of imidazole rings is 1. The summed E-state index contributed by atoms with van der Waals surface area (Å²) in [7, 11) is 1.64. The number of benzene rings is 2. The first-order valence-corrected chi connectivity index (χ1v) is 11.6. The van der Waals surface area contributed by atoms with Gasteiger partial charge in [0, 0.05) is 38.4 Å². The van der Waals surface area contributed by atoms with Gasteiger partial charge in [-0.1, -0.05) is 81.4 Å². The molecule has 7 heteroatoms. The van der Waals surface area contributed by atoms with Crippen molar-refractivity contribution >= 4 is 11.8 Å². The maximum absolute atomic E-state index is 13.3. The summed E-state index contributed by atoms with van der Waals surface area (Å²) < 4.78 is 2.11. The van der Waals surface area contributed by atoms with Gasteiger partial charge in [0.25, 0.3) is 0 Å². The van der Waals surface area contributed by atoms with Crippen molar-refractivity contribution in [2.75, 3.05) is 20.1 Å². The van der Waals surface area contributed by atoms with E-state index in [0.29, 0.717) is 13.1 Å². The molecule has 2 atom stereocenters. The van der Waals surface area contributed by atoms with Crippen LogP contribution in [0.3, 0.4) is 0 Å². The Balaban J connectivity index is 1.84. The van der Waals surface area contributed by atoms with Crippen molar-refractivity contribution in [1.82, 2.24) is 19.4 Å². The van der Waals surface area contributed by atoms with E-state index in [4.69, 9.17) is 10.7 Å². The van der Waals surface area contributed by atoms with Gasteiger partial charge in [-0.05, 0) is 11.0 Å². The molecule has 7 nitrogen and oxygen atoms in total. The molecule has 4 rings (SSSR count). The Labute approximate surface area is 201 Å². The van der Waals surface area contributed by atoms with Crippen molar-refractivity contribution in [2.45, 2.75) is 39.4 Å². The average Bonchev–Trinajstić information content (AvgIpc) is 3.22. The van der Waals surface area contributed by atoms with E-state index in [1.165, 1.54) is 4.90 Å². The predicted octanol–water partition coefficient (Wildman–Crippen LogP) is 3.31. The lowest BCUT2D eigenvalue weighted by Gasteiger charge is -2.45. The molecule has 2 aromatic carbocycles. The highest BCUT2D eigenvalue weighted by atomic mass is 16.2. The summed E-state index contributed by atoms with van der Waals surface area (Å²) >= 11 is 0. The second kappa shape index (κ2) is 9.43. The molecule has 0 aliphatic carbocycles. The predicted molar refractivity (Wildman–Crippen MR) is 133 cm³/mol. The molecule has 0 spiro atoms. The first-order chi connectivity index (χ1) is 16.2. The molecule has 0 saturated carbocycles. The van der Waals surface area contributed by atoms with Crippen LogP contribution in [-0.4, -0.2) is 57.3 Å². The molecule has 34 heavy (non-hydrogen) atoms. The third kappa shape index (κ3) is 4.61. The Morgan fingerprint density at radius 1 is 1.00 bits per heavy atom. The Bertz CT molecular complexity index is 1150. The Hall–Kier alpha value is -3.45. The summed E-state index contributed by atoms with van der Waals surface area (Å²) in [5.74, 6) is -0.278. The fourth-order valence-corrected chi connectivity index (χ4v) is 4.62. The fraction of sp³-hybridized carbons (Fsp3) is 0.370. The maximum atomic E-state index is 13.3. The standard InChI is InChI=1S/C27H33N5O2/c1-27(2,3)23(32-17-21(15-28)30(4)25(33)26(32)34)24-29-22(20-13-9-6-10-14-20)18-31(24)16-19-11-7-5-8-12-19/h5-14,18,21,23H,15-17,28H2,1-4H3/t21-,23+/m1/s1. The Morgan fingerprint density at radius 3 is 2.21 bits per heavy atom. The Kier molecular flexibility index (Phi) is 6.57. The van der Waals surface area contributed by atoms with Gasteiger partial charge in [0.1, 0.15) is 5.82 Å². The lowest BCUT2D eigenvalue weighted by atomic mass is 9.84. The van der Waals surface area contributed by atoms with Crippen LogP contribution in [-0.2, 0) is 16.1 Å². The lowest BCUT2D eigenvalue weighted by Crippen LogP contribution is -2.62. The molecule has 1 aromatic heterocycles. The summed E-state index contributed by atoms with van der Waals surface area (Å²) in [6.45, 7) is 7.51. The monoisotopic (exact) mass is 459 g/mol. The van der Waals surface area contributed by atoms with Gasteiger partial charge in [-0.2, -0.15) is 0 Å². The SMILES string of the molecule is CN1C(=O)C(=O)N([C@@H](c2nc(-c3ccccc3)cn2Cc2ccccc2)C(C)(C)C)C[C@H]1CN. The quantitative estimate of drug-likeness (QED) is 0.573. The minimum atomic E-state index is -0.527. The largest absolute Gasteiger partial charge is 0.331 e. The second-order valence-electron chi connectivity index (χ2n) is 10.00. The van der Waals surface area contributed by atoms with Crippen molar-refractivity contribution in [3.05, 3.63) is 78.2 Å². The van der Waals surface area contributed by atoms with E-state index in [1.807, 2.05) is 54.7 Å². The van der Waals surface area contributed by atoms with Crippen molar-refractivity contribution in [3.8, 4) is 11.3 Å². The number of carbonyl (C=O) groups excluding carboxylic acids is 2. The highest BCUT2D eigenvalue weighted by Gasteiger charge is 2.45. The van der Waals surface area contributed by atoms with Gasteiger partial charge in [0.05, 0.1) is 17.8 Å². The van der Waals surface area contributed by atoms with E-state index in [9.17, 15) is 9.59 Å². The van der Waals surface area contributed by atoms with Gasteiger partial charge in [0.2, 0.25) is 0 Å². The molecule has 3 aromatic rings. The molecule has 1 aliphatic heterocycles. The minimum absolute atomic E-state index is 0.235. The molecule has 1 saturated heterocycles. The first-order valence-electron chi connectivity index (χ1n) is 11.6. The van der Waals surface area contributed by atoms with Crippen LogP contribution in [0.15, 0.2) is 66.9 Å². The van der Waals surface area contributed by atoms with Gasteiger partial charge >= 0.3 is 11.8 Å². The van der Waals surface area contributed by atoms with E-state index >= 15 is 0 Å². The van der Waals surface area contributed by atoms with Crippen LogP contribution in [0, 0.1) is 5.41 Å². The minimum Gasteiger partial charge on any atom is -0.331 e. The lowest BCUT2D eigenvalue weighted by molar-refractivity contribution is -0.161. The molecule has 2 heterocycles. The van der Waals surface area contributed by atoms with Crippen LogP contribution in [0.25, 0.3) is 11.3 Å². The molecule has 0 unspecified atom stereocenters. The number of hydrogen-bond donors (Lipinski definition) is 1. The number of amides is 2. The molecule has 0 radical (unpaired) electrons. The molecular weight excluding hydrogens is 426 g/mol. The van der Waals surface area contributed by atoms with Crippen molar-refractivity contribution in [1.29, 1.82) is 0 Å². The molecule has 0 bridgehead atoms. The van der Waals surface area contributed by atoms with E-state index in [0.717, 1.165) is 22.6 Å². The number of rotatable bonds is 6. The number of carbonyl (C=O) groups is 2. The number of hydrogen-bond acceptors (Lipinski definition) is 4. The smallest absolute Gasteiger partial charge is 0.312 e. The normalized spacial score (nSPS) is 17.9. The van der Waals surface area contributed by atoms with Crippen molar-refractivity contribution in [3.63, 3.8) is 0 Å².